The Morgan fingerprint density at radius 1 is 1.45 bits per heavy atom. The van der Waals surface area contributed by atoms with Crippen LogP contribution in [0.25, 0.3) is 0 Å². The highest BCUT2D eigenvalue weighted by Crippen LogP contribution is 2.07. The molecule has 2 nitrogen and oxygen atoms in total. The van der Waals surface area contributed by atoms with E-state index in [4.69, 9.17) is 5.11 Å². The van der Waals surface area contributed by atoms with Crippen molar-refractivity contribution in [3.63, 3.8) is 0 Å². The fourth-order valence-corrected chi connectivity index (χ4v) is 1.21. The lowest BCUT2D eigenvalue weighted by Gasteiger charge is -2.15. The predicted octanol–water partition coefficient (Wildman–Crippen LogP) is 1.72. The van der Waals surface area contributed by atoms with Crippen LogP contribution in [0.1, 0.15) is 19.8 Å². The highest BCUT2D eigenvalue weighted by atomic mass is 127. The van der Waals surface area contributed by atoms with E-state index in [9.17, 15) is 0 Å². The molecule has 1 atom stereocenters. The van der Waals surface area contributed by atoms with Gasteiger partial charge in [0.1, 0.15) is 0 Å². The van der Waals surface area contributed by atoms with Gasteiger partial charge in [-0.1, -0.05) is 29.5 Å². The molecule has 0 spiro atoms. The summed E-state index contributed by atoms with van der Waals surface area (Å²) >= 11 is 2.36. The lowest BCUT2D eigenvalue weighted by molar-refractivity contribution is 0.248. The van der Waals surface area contributed by atoms with Gasteiger partial charge in [0, 0.05) is 6.61 Å². The van der Waals surface area contributed by atoms with Crippen molar-refractivity contribution in [3.8, 4) is 0 Å². The second kappa shape index (κ2) is 7.31. The number of nitrogens with zero attached hydrogens (tertiary/aromatic N) is 1. The molecule has 0 aromatic carbocycles. The molecule has 1 N–H and O–H groups in total. The van der Waals surface area contributed by atoms with E-state index < -0.39 is 0 Å². The summed E-state index contributed by atoms with van der Waals surface area (Å²) in [7, 11) is 2.12. The van der Waals surface area contributed by atoms with Crippen molar-refractivity contribution < 1.29 is 5.11 Å². The molecule has 0 aliphatic heterocycles. The molecular formula is C8H18INO. The van der Waals surface area contributed by atoms with Crippen LogP contribution in [0, 0.1) is 5.92 Å². The average Bonchev–Trinajstić information content (AvgIpc) is 2.01. The van der Waals surface area contributed by atoms with Crippen LogP contribution in [0.3, 0.4) is 0 Å². The molecule has 0 amide bonds. The first kappa shape index (κ1) is 11.6. The summed E-state index contributed by atoms with van der Waals surface area (Å²) in [5.74, 6) is 0.658. The zero-order chi connectivity index (χ0) is 8.69. The summed E-state index contributed by atoms with van der Waals surface area (Å²) in [6.07, 6.45) is 2.13. The quantitative estimate of drug-likeness (QED) is 0.452. The Balaban J connectivity index is 3.22. The van der Waals surface area contributed by atoms with Crippen LogP contribution in [-0.2, 0) is 0 Å². The lowest BCUT2D eigenvalue weighted by atomic mass is 10.0. The Bertz CT molecular complexity index is 90.2. The van der Waals surface area contributed by atoms with Gasteiger partial charge in [0.15, 0.2) is 0 Å². The maximum absolute atomic E-state index is 8.64. The van der Waals surface area contributed by atoms with Gasteiger partial charge in [-0.3, -0.25) is 4.90 Å². The first-order valence-corrected chi connectivity index (χ1v) is 5.58. The third-order valence-corrected chi connectivity index (χ3v) is 2.99. The third kappa shape index (κ3) is 7.03. The highest BCUT2D eigenvalue weighted by Gasteiger charge is 2.02. The molecule has 0 aromatic rings. The summed E-state index contributed by atoms with van der Waals surface area (Å²) in [6.45, 7) is 3.66. The molecule has 0 aliphatic carbocycles. The molecule has 0 rings (SSSR count). The second-order valence-electron chi connectivity index (χ2n) is 3.11. The molecule has 0 saturated heterocycles. The van der Waals surface area contributed by atoms with E-state index >= 15 is 0 Å². The van der Waals surface area contributed by atoms with Crippen LogP contribution in [0.2, 0.25) is 0 Å². The minimum Gasteiger partial charge on any atom is -0.396 e. The van der Waals surface area contributed by atoms with Gasteiger partial charge < -0.3 is 5.11 Å². The Hall–Kier alpha value is 0.650. The van der Waals surface area contributed by atoms with Crippen LogP contribution in [-0.4, -0.2) is 34.8 Å². The fourth-order valence-electron chi connectivity index (χ4n) is 0.865. The Morgan fingerprint density at radius 3 is 2.55 bits per heavy atom. The molecule has 0 bridgehead atoms. The summed E-state index contributed by atoms with van der Waals surface area (Å²) in [6, 6.07) is 0. The molecule has 0 aromatic heterocycles. The van der Waals surface area contributed by atoms with Crippen LogP contribution >= 0.6 is 22.6 Å². The largest absolute Gasteiger partial charge is 0.396 e. The van der Waals surface area contributed by atoms with Gasteiger partial charge in [0.2, 0.25) is 0 Å². The Morgan fingerprint density at radius 2 is 2.09 bits per heavy atom. The maximum Gasteiger partial charge on any atom is 0.0502 e. The second-order valence-corrected chi connectivity index (χ2v) is 3.79. The van der Waals surface area contributed by atoms with Crippen LogP contribution in [0.15, 0.2) is 0 Å². The van der Waals surface area contributed by atoms with Gasteiger partial charge in [-0.15, -0.1) is 0 Å². The van der Waals surface area contributed by atoms with Crippen molar-refractivity contribution in [1.82, 2.24) is 4.90 Å². The van der Waals surface area contributed by atoms with E-state index in [2.05, 4.69) is 41.5 Å². The molecular weight excluding hydrogens is 253 g/mol. The van der Waals surface area contributed by atoms with Gasteiger partial charge in [-0.05, 0) is 32.4 Å². The van der Waals surface area contributed by atoms with Crippen molar-refractivity contribution >= 4 is 22.6 Å². The van der Waals surface area contributed by atoms with Crippen molar-refractivity contribution in [2.45, 2.75) is 19.8 Å². The number of alkyl halides is 1. The third-order valence-electron chi connectivity index (χ3n) is 1.83. The van der Waals surface area contributed by atoms with Gasteiger partial charge in [0.25, 0.3) is 0 Å². The molecule has 0 heterocycles. The minimum absolute atomic E-state index is 0.328. The number of hydrogen-bond acceptors (Lipinski definition) is 2. The van der Waals surface area contributed by atoms with Crippen LogP contribution in [0.4, 0.5) is 0 Å². The van der Waals surface area contributed by atoms with Gasteiger partial charge >= 0.3 is 0 Å². The minimum atomic E-state index is 0.328. The van der Waals surface area contributed by atoms with Gasteiger partial charge in [0.05, 0.1) is 4.55 Å². The van der Waals surface area contributed by atoms with E-state index in [1.165, 1.54) is 6.42 Å². The van der Waals surface area contributed by atoms with Crippen LogP contribution in [0.5, 0.6) is 0 Å². The summed E-state index contributed by atoms with van der Waals surface area (Å²) in [5.41, 5.74) is 0. The molecule has 0 aliphatic rings. The van der Waals surface area contributed by atoms with E-state index in [-0.39, 0.29) is 0 Å². The van der Waals surface area contributed by atoms with Gasteiger partial charge in [-0.2, -0.15) is 0 Å². The van der Waals surface area contributed by atoms with Crippen molar-refractivity contribution in [3.05, 3.63) is 0 Å². The van der Waals surface area contributed by atoms with E-state index in [0.29, 0.717) is 12.5 Å². The Labute approximate surface area is 83.1 Å². The number of hydrogen-bond donors (Lipinski definition) is 1. The number of rotatable bonds is 6. The summed E-state index contributed by atoms with van der Waals surface area (Å²) in [5, 5.41) is 8.64. The lowest BCUT2D eigenvalue weighted by Crippen LogP contribution is -2.19. The Kier molecular flexibility index (Phi) is 7.74. The smallest absolute Gasteiger partial charge is 0.0502 e. The standard InChI is InChI=1S/C8H18INO/c1-8(4-6-11)3-5-10(2)7-9/h8,11H,3-7H2,1-2H3. The average molecular weight is 271 g/mol. The number of aliphatic hydroxyl groups excluding tert-OH is 1. The molecule has 11 heavy (non-hydrogen) atoms. The number of halogens is 1. The van der Waals surface area contributed by atoms with E-state index in [1.807, 2.05) is 0 Å². The molecule has 0 radical (unpaired) electrons. The first-order valence-electron chi connectivity index (χ1n) is 4.06. The highest BCUT2D eigenvalue weighted by molar-refractivity contribution is 14.1. The molecule has 3 heteroatoms. The molecule has 0 saturated carbocycles. The topological polar surface area (TPSA) is 23.5 Å². The zero-order valence-electron chi connectivity index (χ0n) is 7.39. The molecule has 1 unspecified atom stereocenters. The maximum atomic E-state index is 8.64. The first-order chi connectivity index (χ1) is 5.20. The summed E-state index contributed by atoms with van der Waals surface area (Å²) in [4.78, 5) is 2.29. The monoisotopic (exact) mass is 271 g/mol. The van der Waals surface area contributed by atoms with Crippen molar-refractivity contribution in [2.24, 2.45) is 5.92 Å². The van der Waals surface area contributed by atoms with Crippen molar-refractivity contribution in [2.75, 3.05) is 24.8 Å². The van der Waals surface area contributed by atoms with E-state index in [1.54, 1.807) is 0 Å². The predicted molar refractivity (Wildman–Crippen MR) is 57.0 cm³/mol. The SMILES string of the molecule is CC(CCO)CCN(C)CI. The number of aliphatic hydroxyl groups is 1. The molecule has 0 fully saturated rings. The van der Waals surface area contributed by atoms with Crippen molar-refractivity contribution in [1.29, 1.82) is 0 Å². The normalized spacial score (nSPS) is 13.9. The summed E-state index contributed by atoms with van der Waals surface area (Å²) < 4.78 is 1.09. The fraction of sp³-hybridized carbons (Fsp3) is 1.00. The van der Waals surface area contributed by atoms with Gasteiger partial charge in [-0.25, -0.2) is 0 Å². The van der Waals surface area contributed by atoms with E-state index in [0.717, 1.165) is 17.5 Å². The molecule has 68 valence electrons. The van der Waals surface area contributed by atoms with Crippen LogP contribution < -0.4 is 0 Å². The zero-order valence-corrected chi connectivity index (χ0v) is 9.54.